The number of hydrogen-bond acceptors (Lipinski definition) is 1. The number of nitrogens with one attached hydrogen (secondary N) is 1. The smallest absolute Gasteiger partial charge is 0.00494 e. The van der Waals surface area contributed by atoms with Crippen LogP contribution in [-0.4, -0.2) is 13.6 Å². The van der Waals surface area contributed by atoms with Crippen LogP contribution in [0.3, 0.4) is 0 Å². The lowest BCUT2D eigenvalue weighted by atomic mass is 9.84. The first-order valence-corrected chi connectivity index (χ1v) is 4.60. The summed E-state index contributed by atoms with van der Waals surface area (Å²) in [5, 5.41) is 3.18. The SMILES string of the molecule is CNCCC(C)CC(C)(C)C. The lowest BCUT2D eigenvalue weighted by Crippen LogP contribution is -2.16. The zero-order chi connectivity index (χ0) is 8.91. The van der Waals surface area contributed by atoms with Crippen molar-refractivity contribution in [1.29, 1.82) is 0 Å². The Morgan fingerprint density at radius 3 is 2.18 bits per heavy atom. The van der Waals surface area contributed by atoms with Gasteiger partial charge in [-0.25, -0.2) is 0 Å². The highest BCUT2D eigenvalue weighted by Crippen LogP contribution is 2.25. The van der Waals surface area contributed by atoms with Crippen LogP contribution >= 0.6 is 0 Å². The molecule has 68 valence electrons. The Morgan fingerprint density at radius 1 is 1.27 bits per heavy atom. The molecule has 0 aromatic carbocycles. The van der Waals surface area contributed by atoms with Crippen LogP contribution < -0.4 is 5.32 Å². The Labute approximate surface area is 71.6 Å². The van der Waals surface area contributed by atoms with Crippen molar-refractivity contribution in [3.05, 3.63) is 0 Å². The predicted molar refractivity (Wildman–Crippen MR) is 51.8 cm³/mol. The van der Waals surface area contributed by atoms with E-state index in [1.807, 2.05) is 7.05 Å². The van der Waals surface area contributed by atoms with Crippen molar-refractivity contribution in [1.82, 2.24) is 5.32 Å². The van der Waals surface area contributed by atoms with Crippen molar-refractivity contribution in [3.63, 3.8) is 0 Å². The molecule has 11 heavy (non-hydrogen) atoms. The van der Waals surface area contributed by atoms with Crippen LogP contribution in [0.15, 0.2) is 0 Å². The van der Waals surface area contributed by atoms with Crippen LogP contribution in [0.1, 0.15) is 40.5 Å². The van der Waals surface area contributed by atoms with Crippen molar-refractivity contribution in [2.75, 3.05) is 13.6 Å². The summed E-state index contributed by atoms with van der Waals surface area (Å²) in [6.07, 6.45) is 2.63. The fourth-order valence-corrected chi connectivity index (χ4v) is 1.54. The molecule has 1 nitrogen and oxygen atoms in total. The van der Waals surface area contributed by atoms with E-state index in [1.54, 1.807) is 0 Å². The minimum Gasteiger partial charge on any atom is -0.320 e. The Morgan fingerprint density at radius 2 is 1.82 bits per heavy atom. The quantitative estimate of drug-likeness (QED) is 0.661. The summed E-state index contributed by atoms with van der Waals surface area (Å²) in [4.78, 5) is 0. The third-order valence-corrected chi connectivity index (χ3v) is 1.85. The third-order valence-electron chi connectivity index (χ3n) is 1.85. The molecule has 0 aromatic rings. The molecule has 1 N–H and O–H groups in total. The minimum absolute atomic E-state index is 0.493. The maximum atomic E-state index is 3.18. The molecule has 0 saturated heterocycles. The highest BCUT2D eigenvalue weighted by molar-refractivity contribution is 4.66. The summed E-state index contributed by atoms with van der Waals surface area (Å²) in [6.45, 7) is 10.4. The standard InChI is InChI=1S/C10H23N/c1-9(6-7-11-5)8-10(2,3)4/h9,11H,6-8H2,1-5H3. The van der Waals surface area contributed by atoms with Crippen molar-refractivity contribution in [2.45, 2.75) is 40.5 Å². The largest absolute Gasteiger partial charge is 0.320 e. The third kappa shape index (κ3) is 7.86. The van der Waals surface area contributed by atoms with Gasteiger partial charge in [0, 0.05) is 0 Å². The first-order chi connectivity index (χ1) is 4.95. The fourth-order valence-electron chi connectivity index (χ4n) is 1.54. The zero-order valence-electron chi connectivity index (χ0n) is 8.70. The van der Waals surface area contributed by atoms with Gasteiger partial charge in [-0.05, 0) is 37.8 Å². The summed E-state index contributed by atoms with van der Waals surface area (Å²) in [7, 11) is 2.02. The molecule has 0 radical (unpaired) electrons. The van der Waals surface area contributed by atoms with Crippen molar-refractivity contribution in [3.8, 4) is 0 Å². The monoisotopic (exact) mass is 157 g/mol. The Kier molecular flexibility index (Phi) is 4.74. The van der Waals surface area contributed by atoms with Crippen molar-refractivity contribution >= 4 is 0 Å². The first-order valence-electron chi connectivity index (χ1n) is 4.60. The molecule has 0 aliphatic carbocycles. The van der Waals surface area contributed by atoms with Gasteiger partial charge in [0.25, 0.3) is 0 Å². The molecule has 0 amide bonds. The summed E-state index contributed by atoms with van der Waals surface area (Å²) in [5.41, 5.74) is 0.493. The summed E-state index contributed by atoms with van der Waals surface area (Å²) in [5.74, 6) is 0.849. The average molecular weight is 157 g/mol. The van der Waals surface area contributed by atoms with Crippen LogP contribution in [-0.2, 0) is 0 Å². The molecular weight excluding hydrogens is 134 g/mol. The van der Waals surface area contributed by atoms with Crippen LogP contribution in [0, 0.1) is 11.3 Å². The molecule has 0 fully saturated rings. The van der Waals surface area contributed by atoms with Gasteiger partial charge in [0.2, 0.25) is 0 Å². The van der Waals surface area contributed by atoms with Gasteiger partial charge in [0.1, 0.15) is 0 Å². The highest BCUT2D eigenvalue weighted by atomic mass is 14.8. The van der Waals surface area contributed by atoms with E-state index in [1.165, 1.54) is 12.8 Å². The Bertz CT molecular complexity index is 91.5. The molecule has 0 bridgehead atoms. The second kappa shape index (κ2) is 4.76. The first kappa shape index (κ1) is 11.0. The van der Waals surface area contributed by atoms with Gasteiger partial charge in [-0.2, -0.15) is 0 Å². The topological polar surface area (TPSA) is 12.0 Å². The van der Waals surface area contributed by atoms with E-state index in [-0.39, 0.29) is 0 Å². The molecular formula is C10H23N. The van der Waals surface area contributed by atoms with Gasteiger partial charge in [-0.1, -0.05) is 27.7 Å². The number of rotatable bonds is 4. The second-order valence-corrected chi connectivity index (χ2v) is 4.76. The minimum atomic E-state index is 0.493. The molecule has 0 rings (SSSR count). The predicted octanol–water partition coefficient (Wildman–Crippen LogP) is 2.67. The van der Waals surface area contributed by atoms with Crippen LogP contribution in [0.2, 0.25) is 0 Å². The van der Waals surface area contributed by atoms with E-state index in [9.17, 15) is 0 Å². The molecule has 0 heterocycles. The van der Waals surface area contributed by atoms with Gasteiger partial charge in [0.05, 0.1) is 0 Å². The normalized spacial score (nSPS) is 15.0. The summed E-state index contributed by atoms with van der Waals surface area (Å²) < 4.78 is 0. The molecule has 1 heteroatoms. The van der Waals surface area contributed by atoms with Crippen LogP contribution in [0.25, 0.3) is 0 Å². The molecule has 1 atom stereocenters. The van der Waals surface area contributed by atoms with Gasteiger partial charge < -0.3 is 5.32 Å². The molecule has 0 saturated carbocycles. The molecule has 0 aromatic heterocycles. The Hall–Kier alpha value is -0.0400. The maximum absolute atomic E-state index is 3.18. The van der Waals surface area contributed by atoms with E-state index in [0.717, 1.165) is 12.5 Å². The summed E-state index contributed by atoms with van der Waals surface area (Å²) in [6, 6.07) is 0. The van der Waals surface area contributed by atoms with E-state index in [2.05, 4.69) is 33.0 Å². The van der Waals surface area contributed by atoms with Crippen LogP contribution in [0.4, 0.5) is 0 Å². The average Bonchev–Trinajstić information content (AvgIpc) is 1.79. The second-order valence-electron chi connectivity index (χ2n) is 4.76. The van der Waals surface area contributed by atoms with E-state index < -0.39 is 0 Å². The van der Waals surface area contributed by atoms with E-state index in [4.69, 9.17) is 0 Å². The van der Waals surface area contributed by atoms with Crippen molar-refractivity contribution < 1.29 is 0 Å². The summed E-state index contributed by atoms with van der Waals surface area (Å²) >= 11 is 0. The molecule has 0 aliphatic heterocycles. The van der Waals surface area contributed by atoms with Gasteiger partial charge in [0.15, 0.2) is 0 Å². The lowest BCUT2D eigenvalue weighted by Gasteiger charge is -2.22. The lowest BCUT2D eigenvalue weighted by molar-refractivity contribution is 0.296. The highest BCUT2D eigenvalue weighted by Gasteiger charge is 2.14. The van der Waals surface area contributed by atoms with Gasteiger partial charge >= 0.3 is 0 Å². The maximum Gasteiger partial charge on any atom is -0.00494 e. The fraction of sp³-hybridized carbons (Fsp3) is 1.00. The van der Waals surface area contributed by atoms with Gasteiger partial charge in [-0.3, -0.25) is 0 Å². The van der Waals surface area contributed by atoms with Crippen molar-refractivity contribution in [2.24, 2.45) is 11.3 Å². The van der Waals surface area contributed by atoms with E-state index in [0.29, 0.717) is 5.41 Å². The zero-order valence-corrected chi connectivity index (χ0v) is 8.70. The molecule has 0 spiro atoms. The Balaban J connectivity index is 3.44. The van der Waals surface area contributed by atoms with E-state index >= 15 is 0 Å². The number of hydrogen-bond donors (Lipinski definition) is 1. The molecule has 1 unspecified atom stereocenters. The molecule has 0 aliphatic rings. The van der Waals surface area contributed by atoms with Crippen LogP contribution in [0.5, 0.6) is 0 Å². The van der Waals surface area contributed by atoms with Gasteiger partial charge in [-0.15, -0.1) is 0 Å².